The summed E-state index contributed by atoms with van der Waals surface area (Å²) in [6, 6.07) is -7.66. The van der Waals surface area contributed by atoms with Crippen molar-refractivity contribution in [1.82, 2.24) is 63.8 Å². The maximum Gasteiger partial charge on any atom is 0.409 e. The van der Waals surface area contributed by atoms with Gasteiger partial charge in [0.25, 0.3) is 0 Å². The molecule has 6 atom stereocenters. The molecule has 0 saturated carbocycles. The van der Waals surface area contributed by atoms with Crippen LogP contribution in [0.25, 0.3) is 0 Å². The van der Waals surface area contributed by atoms with Crippen molar-refractivity contribution in [2.45, 2.75) is 224 Å². The van der Waals surface area contributed by atoms with E-state index in [-0.39, 0.29) is 0 Å². The summed E-state index contributed by atoms with van der Waals surface area (Å²) < 4.78 is 101. The summed E-state index contributed by atoms with van der Waals surface area (Å²) in [6.45, 7) is 12.1. The maximum atomic E-state index is 13.4. The number of amides is 12. The third-order valence-corrected chi connectivity index (χ3v) is 13.0. The monoisotopic (exact) mass is 1500 g/mol. The third-order valence-electron chi connectivity index (χ3n) is 13.0. The summed E-state index contributed by atoms with van der Waals surface area (Å²) in [6.07, 6.45) is -22.0. The average Bonchev–Trinajstić information content (AvgIpc) is 0.856. The van der Waals surface area contributed by atoms with Gasteiger partial charge in [0.1, 0.15) is 89.8 Å². The van der Waals surface area contributed by atoms with Gasteiger partial charge in [0.05, 0.1) is 96.4 Å². The first-order valence-electron chi connectivity index (χ1n) is 34.8. The van der Waals surface area contributed by atoms with E-state index in [1.165, 1.54) is 13.8 Å². The first kappa shape index (κ1) is 81.3. The van der Waals surface area contributed by atoms with Crippen molar-refractivity contribution >= 4 is 121 Å². The standard InChI is InChI=1S/C63H100N12O29/c1-37(83)63(16,17)71-47(87)21-43(51(91)75-62(14,15)32-82)65-53(93)102-34-98-25-39(100-36-104-55(95)67-42(50(90)74-61(12,13)31-81)20-46(86)70-58(6,7)28-78)23-96-22-38(99-35-103-54(94)66-41(49(89)73-60(10,11)30-80)19-45(85)69-57(4,5)27-77)24-97-33-101-52(92)64-40(48(88)72-59(8,9)29-79)18-44(84)68-56(2,3)26-76/h26-32,38-43H,18-25,33-36H2,1-17H3,(H,64,92)(H,65,93)(H,66,94)(H,67,95)(H,68,84)(H,69,85)(H,70,86)(H,71,87)(H,72,88)(H,73,89)(H,74,90)(H,75,91)/i26D,27D,28D,29D,30D,31D,32D. The Kier molecular flexibility index (Phi) is 33.8. The van der Waals surface area contributed by atoms with Gasteiger partial charge in [-0.15, -0.1) is 0 Å². The number of ketones is 1. The zero-order valence-corrected chi connectivity index (χ0v) is 60.8. The van der Waals surface area contributed by atoms with Gasteiger partial charge in [0.15, 0.2) is 33.0 Å². The van der Waals surface area contributed by atoms with Crippen LogP contribution in [0.3, 0.4) is 0 Å². The van der Waals surface area contributed by atoms with Gasteiger partial charge in [-0.25, -0.2) is 19.2 Å². The number of nitrogens with one attached hydrogen (secondary N) is 12. The Morgan fingerprint density at radius 2 is 0.510 bits per heavy atom. The predicted octanol–water partition coefficient (Wildman–Crippen LogP) is -3.28. The van der Waals surface area contributed by atoms with Crippen LogP contribution in [0.15, 0.2) is 0 Å². The van der Waals surface area contributed by atoms with Gasteiger partial charge in [0.2, 0.25) is 47.3 Å². The van der Waals surface area contributed by atoms with Crippen LogP contribution in [0.4, 0.5) is 19.2 Å². The molecule has 41 heteroatoms. The molecule has 0 spiro atoms. The number of ether oxygens (including phenoxy) is 9. The molecule has 0 radical (unpaired) electrons. The van der Waals surface area contributed by atoms with E-state index in [0.29, 0.717) is 0 Å². The zero-order valence-electron chi connectivity index (χ0n) is 67.8. The highest BCUT2D eigenvalue weighted by molar-refractivity contribution is 5.97. The summed E-state index contributed by atoms with van der Waals surface area (Å²) in [5.74, 6) is -9.62. The second-order valence-electron chi connectivity index (χ2n) is 27.1. The average molecular weight is 1500 g/mol. The lowest BCUT2D eigenvalue weighted by Gasteiger charge is -2.26. The molecule has 586 valence electrons. The van der Waals surface area contributed by atoms with Gasteiger partial charge in [0, 0.05) is 0 Å². The van der Waals surface area contributed by atoms with Crippen molar-refractivity contribution in [3.63, 3.8) is 0 Å². The Hall–Kier alpha value is -10.0. The Labute approximate surface area is 609 Å². The van der Waals surface area contributed by atoms with Crippen LogP contribution in [-0.2, 0) is 119 Å². The van der Waals surface area contributed by atoms with Gasteiger partial charge in [-0.3, -0.25) is 43.2 Å². The van der Waals surface area contributed by atoms with E-state index in [2.05, 4.69) is 63.8 Å². The minimum atomic E-state index is -1.95. The first-order chi connectivity index (χ1) is 50.5. The van der Waals surface area contributed by atoms with Crippen LogP contribution in [0.1, 0.15) is 153 Å². The van der Waals surface area contributed by atoms with E-state index >= 15 is 0 Å². The molecule has 0 bridgehead atoms. The fourth-order valence-electron chi connectivity index (χ4n) is 7.30. The van der Waals surface area contributed by atoms with Crippen molar-refractivity contribution in [1.29, 1.82) is 0 Å². The predicted molar refractivity (Wildman–Crippen MR) is 355 cm³/mol. The van der Waals surface area contributed by atoms with Crippen LogP contribution in [-0.4, -0.2) is 256 Å². The highest BCUT2D eigenvalue weighted by Crippen LogP contribution is 2.12. The molecule has 12 N–H and O–H groups in total. The fourth-order valence-corrected chi connectivity index (χ4v) is 7.30. The smallest absolute Gasteiger partial charge is 0.409 e. The van der Waals surface area contributed by atoms with E-state index in [0.717, 1.165) is 104 Å². The second-order valence-corrected chi connectivity index (χ2v) is 27.1. The molecule has 0 aliphatic rings. The minimum Gasteiger partial charge on any atom is -0.422 e. The molecule has 0 aromatic rings. The Morgan fingerprint density at radius 3 is 0.731 bits per heavy atom. The third kappa shape index (κ3) is 40.6. The molecule has 0 aromatic heterocycles. The van der Waals surface area contributed by atoms with Gasteiger partial charge >= 0.3 is 24.4 Å². The van der Waals surface area contributed by atoms with Crippen molar-refractivity contribution in [2.24, 2.45) is 0 Å². The summed E-state index contributed by atoms with van der Waals surface area (Å²) in [4.78, 5) is 255. The molecular weight excluding hydrogens is 1390 g/mol. The van der Waals surface area contributed by atoms with Crippen molar-refractivity contribution < 1.29 is 148 Å². The fraction of sp³-hybridized carbons (Fsp3) is 0.683. The highest BCUT2D eigenvalue weighted by atomic mass is 16.7. The van der Waals surface area contributed by atoms with Gasteiger partial charge in [-0.1, -0.05) is 0 Å². The summed E-state index contributed by atoms with van der Waals surface area (Å²) in [5.41, 5.74) is -14.5. The number of hydrogen-bond acceptors (Lipinski definition) is 29. The molecule has 0 rings (SSSR count). The SMILES string of the molecule is [2H]C(=O)C(C)(C)NC(=O)CC(NC(=O)OCOCC(COCC(COCOC(=O)NC(CC(=O)NC(C)(C)C(C)=O)C(=O)NC(C)(C)C([2H])=O)OCOC(=O)NC(CC(=O)NC(C)(C)C([2H])=O)C(=O)NC(C)(C)C([2H])=O)OCOC(=O)NC(CC(=O)NC(C)(C)C([2H])=O)C(=O)NC(C)(C)C([2H])=O)C(=O)NC(C)(C)C([2H])=O. The lowest BCUT2D eigenvalue weighted by atomic mass is 9.99. The Balaban J connectivity index is 7.53. The molecular formula is C63H100N12O29. The topological polar surface area (TPSA) is 569 Å². The van der Waals surface area contributed by atoms with Crippen molar-refractivity contribution in [2.75, 3.05) is 53.6 Å². The molecule has 104 heavy (non-hydrogen) atoms. The molecule has 0 heterocycles. The maximum absolute atomic E-state index is 13.4. The molecule has 0 aliphatic heterocycles. The number of rotatable bonds is 50. The van der Waals surface area contributed by atoms with Crippen LogP contribution in [0.5, 0.6) is 0 Å². The van der Waals surface area contributed by atoms with Gasteiger partial charge < -0.3 is 140 Å². The molecule has 41 nitrogen and oxygen atoms in total. The summed E-state index contributed by atoms with van der Waals surface area (Å²) >= 11 is 0. The van der Waals surface area contributed by atoms with E-state index < -0.39 is 281 Å². The lowest BCUT2D eigenvalue weighted by molar-refractivity contribution is -0.151. The molecule has 0 aromatic carbocycles. The molecule has 0 saturated heterocycles. The van der Waals surface area contributed by atoms with Crippen molar-refractivity contribution in [3.8, 4) is 0 Å². The number of carbonyl (C=O) groups is 20. The number of Topliss-reactive ketones (excluding diaryl/α,β-unsaturated/α-hetero) is 1. The van der Waals surface area contributed by atoms with Crippen molar-refractivity contribution in [3.05, 3.63) is 0 Å². The molecule has 12 amide bonds. The first-order valence-corrected chi connectivity index (χ1v) is 31.3. The molecule has 0 fully saturated rings. The van der Waals surface area contributed by atoms with E-state index in [1.54, 1.807) is 0 Å². The minimum absolute atomic E-state index is 0.510. The van der Waals surface area contributed by atoms with Crippen LogP contribution in [0, 0.1) is 0 Å². The lowest BCUT2D eigenvalue weighted by Crippen LogP contribution is -2.56. The Bertz CT molecular complexity index is 3250. The number of aldehydes is 7. The quantitative estimate of drug-likeness (QED) is 0.0123. The van der Waals surface area contributed by atoms with Gasteiger partial charge in [-0.05, 0) is 118 Å². The van der Waals surface area contributed by atoms with Gasteiger partial charge in [-0.2, -0.15) is 0 Å². The molecule has 0 aliphatic carbocycles. The normalized spacial score (nSPS) is 14.6. The number of carbonyl (C=O) groups excluding carboxylic acids is 20. The van der Waals surface area contributed by atoms with Crippen LogP contribution < -0.4 is 63.8 Å². The Morgan fingerprint density at radius 1 is 0.308 bits per heavy atom. The highest BCUT2D eigenvalue weighted by Gasteiger charge is 2.37. The summed E-state index contributed by atoms with van der Waals surface area (Å²) in [7, 11) is 0. The largest absolute Gasteiger partial charge is 0.422 e. The van der Waals surface area contributed by atoms with E-state index in [1.807, 2.05) is 0 Å². The number of hydrogen-bond donors (Lipinski definition) is 12. The number of alkyl carbamates (subject to hydrolysis) is 4. The van der Waals surface area contributed by atoms with Crippen LogP contribution in [0.2, 0.25) is 0 Å². The van der Waals surface area contributed by atoms with E-state index in [4.69, 9.17) is 52.2 Å². The zero-order chi connectivity index (χ0) is 86.3. The molecule has 6 unspecified atom stereocenters. The van der Waals surface area contributed by atoms with Crippen LogP contribution >= 0.6 is 0 Å². The second kappa shape index (κ2) is 43.2. The van der Waals surface area contributed by atoms with E-state index in [9.17, 15) is 95.9 Å². The summed E-state index contributed by atoms with van der Waals surface area (Å²) in [5, 5.41) is 25.9.